The molecule has 0 amide bonds. The van der Waals surface area contributed by atoms with Crippen LogP contribution in [0, 0.1) is 5.92 Å². The molecule has 2 aliphatic rings. The first-order valence-corrected chi connectivity index (χ1v) is 8.46. The molecule has 1 N–H and O–H groups in total. The van der Waals surface area contributed by atoms with Crippen LogP contribution in [0.3, 0.4) is 0 Å². The number of ether oxygens (including phenoxy) is 2. The van der Waals surface area contributed by atoms with Crippen LogP contribution >= 0.6 is 12.4 Å². The molecule has 2 heterocycles. The molecule has 124 valence electrons. The van der Waals surface area contributed by atoms with Gasteiger partial charge in [-0.3, -0.25) is 0 Å². The van der Waals surface area contributed by atoms with E-state index in [0.717, 1.165) is 19.5 Å². The molecule has 0 spiro atoms. The second kappa shape index (κ2) is 6.62. The highest BCUT2D eigenvalue weighted by Gasteiger charge is 2.43. The fraction of sp³-hybridized carbons (Fsp3) is 0.571. The zero-order valence-corrected chi connectivity index (χ0v) is 14.2. The third-order valence-corrected chi connectivity index (χ3v) is 6.28. The van der Waals surface area contributed by atoms with Crippen molar-refractivity contribution in [2.24, 2.45) is 5.92 Å². The highest BCUT2D eigenvalue weighted by Crippen LogP contribution is 2.35. The van der Waals surface area contributed by atoms with Crippen LogP contribution in [-0.4, -0.2) is 52.6 Å². The van der Waals surface area contributed by atoms with Crippen LogP contribution < -0.4 is 14.8 Å². The van der Waals surface area contributed by atoms with Crippen LogP contribution in [0.15, 0.2) is 23.1 Å². The molecule has 0 radical (unpaired) electrons. The van der Waals surface area contributed by atoms with E-state index in [-0.39, 0.29) is 23.3 Å². The molecule has 2 aliphatic heterocycles. The van der Waals surface area contributed by atoms with E-state index in [1.54, 1.807) is 16.4 Å². The topological polar surface area (TPSA) is 67.9 Å². The molecule has 0 saturated carbocycles. The first kappa shape index (κ1) is 17.3. The Bertz CT molecular complexity index is 638. The van der Waals surface area contributed by atoms with Gasteiger partial charge in [-0.15, -0.1) is 12.4 Å². The first-order chi connectivity index (χ1) is 10.1. The van der Waals surface area contributed by atoms with Gasteiger partial charge in [0.05, 0.1) is 19.1 Å². The van der Waals surface area contributed by atoms with Crippen LogP contribution in [0.4, 0.5) is 0 Å². The zero-order chi connectivity index (χ0) is 15.0. The van der Waals surface area contributed by atoms with Gasteiger partial charge >= 0.3 is 0 Å². The Balaban J connectivity index is 0.00000176. The van der Waals surface area contributed by atoms with Gasteiger partial charge in [-0.1, -0.05) is 0 Å². The minimum atomic E-state index is -3.49. The summed E-state index contributed by atoms with van der Waals surface area (Å²) in [5.41, 5.74) is 0. The van der Waals surface area contributed by atoms with Gasteiger partial charge in [-0.05, 0) is 31.0 Å². The summed E-state index contributed by atoms with van der Waals surface area (Å²) in [5.74, 6) is 1.39. The van der Waals surface area contributed by atoms with E-state index in [2.05, 4.69) is 5.32 Å². The quantitative estimate of drug-likeness (QED) is 0.882. The van der Waals surface area contributed by atoms with Crippen LogP contribution in [0.1, 0.15) is 6.42 Å². The molecule has 1 aromatic carbocycles. The number of rotatable bonds is 4. The van der Waals surface area contributed by atoms with Crippen molar-refractivity contribution in [2.75, 3.05) is 33.9 Å². The number of methoxy groups -OCH3 is 2. The summed E-state index contributed by atoms with van der Waals surface area (Å²) in [6.45, 7) is 2.23. The molecule has 1 aromatic rings. The van der Waals surface area contributed by atoms with Gasteiger partial charge in [0.1, 0.15) is 0 Å². The molecule has 2 fully saturated rings. The van der Waals surface area contributed by atoms with Gasteiger partial charge in [-0.2, -0.15) is 4.31 Å². The van der Waals surface area contributed by atoms with E-state index in [4.69, 9.17) is 9.47 Å². The van der Waals surface area contributed by atoms with Crippen molar-refractivity contribution >= 4 is 22.4 Å². The first-order valence-electron chi connectivity index (χ1n) is 7.02. The largest absolute Gasteiger partial charge is 0.493 e. The van der Waals surface area contributed by atoms with Crippen molar-refractivity contribution < 1.29 is 17.9 Å². The summed E-state index contributed by atoms with van der Waals surface area (Å²) in [6, 6.07) is 4.81. The van der Waals surface area contributed by atoms with Gasteiger partial charge in [0.15, 0.2) is 11.5 Å². The maximum absolute atomic E-state index is 12.8. The summed E-state index contributed by atoms with van der Waals surface area (Å²) < 4.78 is 37.7. The lowest BCUT2D eigenvalue weighted by molar-refractivity contribution is 0.353. The lowest BCUT2D eigenvalue weighted by Crippen LogP contribution is -2.39. The summed E-state index contributed by atoms with van der Waals surface area (Å²) in [7, 11) is -0.463. The third kappa shape index (κ3) is 2.78. The van der Waals surface area contributed by atoms with Crippen LogP contribution in [0.5, 0.6) is 11.5 Å². The third-order valence-electron chi connectivity index (χ3n) is 4.36. The Kier molecular flexibility index (Phi) is 5.21. The maximum atomic E-state index is 12.8. The van der Waals surface area contributed by atoms with Crippen molar-refractivity contribution in [3.05, 3.63) is 18.2 Å². The predicted molar refractivity (Wildman–Crippen MR) is 85.5 cm³/mol. The smallest absolute Gasteiger partial charge is 0.243 e. The summed E-state index contributed by atoms with van der Waals surface area (Å²) in [5, 5.41) is 3.27. The second-order valence-corrected chi connectivity index (χ2v) is 7.30. The van der Waals surface area contributed by atoms with Crippen LogP contribution in [-0.2, 0) is 10.0 Å². The van der Waals surface area contributed by atoms with E-state index in [1.807, 2.05) is 0 Å². The molecule has 0 aliphatic carbocycles. The zero-order valence-electron chi connectivity index (χ0n) is 12.6. The van der Waals surface area contributed by atoms with Gasteiger partial charge in [0.25, 0.3) is 0 Å². The SMILES string of the molecule is COc1ccc(S(=O)(=O)N2CC[C@H]3CNC[C@H]32)cc1OC.Cl. The molecule has 0 aromatic heterocycles. The Morgan fingerprint density at radius 3 is 2.59 bits per heavy atom. The number of hydrogen-bond donors (Lipinski definition) is 1. The molecule has 8 heteroatoms. The number of sulfonamides is 1. The van der Waals surface area contributed by atoms with Gasteiger partial charge < -0.3 is 14.8 Å². The van der Waals surface area contributed by atoms with Gasteiger partial charge in [-0.25, -0.2) is 8.42 Å². The normalized spacial score (nSPS) is 24.6. The molecule has 22 heavy (non-hydrogen) atoms. The fourth-order valence-electron chi connectivity index (χ4n) is 3.22. The van der Waals surface area contributed by atoms with E-state index >= 15 is 0 Å². The van der Waals surface area contributed by atoms with E-state index in [9.17, 15) is 8.42 Å². The van der Waals surface area contributed by atoms with Crippen LogP contribution in [0.25, 0.3) is 0 Å². The number of hydrogen-bond acceptors (Lipinski definition) is 5. The summed E-state index contributed by atoms with van der Waals surface area (Å²) in [6.07, 6.45) is 0.921. The van der Waals surface area contributed by atoms with E-state index in [0.29, 0.717) is 24.0 Å². The lowest BCUT2D eigenvalue weighted by atomic mass is 10.1. The Morgan fingerprint density at radius 1 is 1.18 bits per heavy atom. The maximum Gasteiger partial charge on any atom is 0.243 e. The van der Waals surface area contributed by atoms with Crippen molar-refractivity contribution in [3.8, 4) is 11.5 Å². The van der Waals surface area contributed by atoms with Gasteiger partial charge in [0, 0.05) is 25.2 Å². The Morgan fingerprint density at radius 2 is 1.91 bits per heavy atom. The van der Waals surface area contributed by atoms with Crippen molar-refractivity contribution in [3.63, 3.8) is 0 Å². The highest BCUT2D eigenvalue weighted by atomic mass is 35.5. The molecule has 2 saturated heterocycles. The molecule has 6 nitrogen and oxygen atoms in total. The van der Waals surface area contributed by atoms with E-state index in [1.165, 1.54) is 20.3 Å². The Hall–Kier alpha value is -1.02. The standard InChI is InChI=1S/C14H20N2O4S.ClH/c1-19-13-4-3-11(7-14(13)20-2)21(17,18)16-6-5-10-8-15-9-12(10)16;/h3-4,7,10,12,15H,5-6,8-9H2,1-2H3;1H/t10-,12+;/m0./s1. The average Bonchev–Trinajstić information content (AvgIpc) is 3.09. The van der Waals surface area contributed by atoms with Crippen molar-refractivity contribution in [1.82, 2.24) is 9.62 Å². The van der Waals surface area contributed by atoms with Crippen molar-refractivity contribution in [1.29, 1.82) is 0 Å². The van der Waals surface area contributed by atoms with Crippen molar-refractivity contribution in [2.45, 2.75) is 17.4 Å². The molecule has 0 unspecified atom stereocenters. The highest BCUT2D eigenvalue weighted by molar-refractivity contribution is 7.89. The molecule has 2 atom stereocenters. The average molecular weight is 349 g/mol. The minimum absolute atomic E-state index is 0. The summed E-state index contributed by atoms with van der Waals surface area (Å²) >= 11 is 0. The number of nitrogens with one attached hydrogen (secondary N) is 1. The van der Waals surface area contributed by atoms with E-state index < -0.39 is 10.0 Å². The Labute approximate surface area is 137 Å². The minimum Gasteiger partial charge on any atom is -0.493 e. The number of nitrogens with zero attached hydrogens (tertiary/aromatic N) is 1. The number of fused-ring (bicyclic) bond motifs is 1. The predicted octanol–water partition coefficient (Wildman–Crippen LogP) is 1.11. The number of halogens is 1. The second-order valence-electron chi connectivity index (χ2n) is 5.41. The molecule has 0 bridgehead atoms. The fourth-order valence-corrected chi connectivity index (χ4v) is 4.94. The lowest BCUT2D eigenvalue weighted by Gasteiger charge is -2.23. The molecule has 3 rings (SSSR count). The molecular formula is C14H21ClN2O4S. The van der Waals surface area contributed by atoms with Gasteiger partial charge in [0.2, 0.25) is 10.0 Å². The summed E-state index contributed by atoms with van der Waals surface area (Å²) in [4.78, 5) is 0.257. The molecular weight excluding hydrogens is 328 g/mol. The number of benzene rings is 1. The monoisotopic (exact) mass is 348 g/mol. The van der Waals surface area contributed by atoms with Crippen LogP contribution in [0.2, 0.25) is 0 Å².